The van der Waals surface area contributed by atoms with Crippen LogP contribution in [0.4, 0.5) is 5.69 Å². The van der Waals surface area contributed by atoms with Gasteiger partial charge in [-0.05, 0) is 31.5 Å². The third kappa shape index (κ3) is 5.03. The van der Waals surface area contributed by atoms with E-state index in [2.05, 4.69) is 5.32 Å². The smallest absolute Gasteiger partial charge is 0.338 e. The minimum atomic E-state index is -0.375. The molecule has 1 heterocycles. The first-order valence-electron chi connectivity index (χ1n) is 7.67. The summed E-state index contributed by atoms with van der Waals surface area (Å²) in [7, 11) is 0. The molecule has 5 nitrogen and oxygen atoms in total. The maximum absolute atomic E-state index is 12.3. The van der Waals surface area contributed by atoms with Gasteiger partial charge in [-0.25, -0.2) is 4.79 Å². The van der Waals surface area contributed by atoms with Crippen molar-refractivity contribution in [2.24, 2.45) is 0 Å². The number of thioether (sulfide) groups is 1. The van der Waals surface area contributed by atoms with Gasteiger partial charge in [-0.3, -0.25) is 4.79 Å². The molecule has 1 amide bonds. The van der Waals surface area contributed by atoms with E-state index in [-0.39, 0.29) is 11.9 Å². The van der Waals surface area contributed by atoms with E-state index in [1.165, 1.54) is 11.8 Å². The second-order valence-corrected chi connectivity index (χ2v) is 6.21. The number of carbonyl (C=O) groups excluding carboxylic acids is 2. The number of hydrogen-bond donors (Lipinski definition) is 1. The fourth-order valence-electron chi connectivity index (χ4n) is 2.04. The van der Waals surface area contributed by atoms with Gasteiger partial charge in [-0.1, -0.05) is 19.4 Å². The summed E-state index contributed by atoms with van der Waals surface area (Å²) in [6.07, 6.45) is 1.81. The molecule has 0 atom stereocenters. The van der Waals surface area contributed by atoms with E-state index >= 15 is 0 Å². The van der Waals surface area contributed by atoms with E-state index in [9.17, 15) is 9.59 Å². The first-order valence-corrected chi connectivity index (χ1v) is 8.65. The van der Waals surface area contributed by atoms with Crippen molar-refractivity contribution in [3.8, 4) is 0 Å². The van der Waals surface area contributed by atoms with Gasteiger partial charge < -0.3 is 14.8 Å². The zero-order valence-electron chi connectivity index (χ0n) is 13.4. The van der Waals surface area contributed by atoms with Gasteiger partial charge >= 0.3 is 5.97 Å². The van der Waals surface area contributed by atoms with Crippen LogP contribution in [0.3, 0.4) is 0 Å². The summed E-state index contributed by atoms with van der Waals surface area (Å²) in [5, 5.41) is 2.80. The van der Waals surface area contributed by atoms with Gasteiger partial charge in [-0.2, -0.15) is 0 Å². The Kier molecular flexibility index (Phi) is 6.52. The zero-order valence-corrected chi connectivity index (χ0v) is 14.2. The molecule has 0 saturated heterocycles. The second kappa shape index (κ2) is 8.62. The lowest BCUT2D eigenvalue weighted by Crippen LogP contribution is -2.18. The Morgan fingerprint density at radius 2 is 2.22 bits per heavy atom. The maximum atomic E-state index is 12.3. The largest absolute Gasteiger partial charge is 0.496 e. The van der Waals surface area contributed by atoms with Crippen LogP contribution in [0, 0.1) is 0 Å². The topological polar surface area (TPSA) is 64.6 Å². The van der Waals surface area contributed by atoms with Gasteiger partial charge in [0.05, 0.1) is 18.8 Å². The SMILES string of the molecule is CCCCOC(=O)c1cccc(NC(=O)C2=C(C)OCCS2)c1. The molecule has 0 bridgehead atoms. The van der Waals surface area contributed by atoms with Crippen molar-refractivity contribution in [3.05, 3.63) is 40.5 Å². The van der Waals surface area contributed by atoms with Crippen LogP contribution >= 0.6 is 11.8 Å². The first kappa shape index (κ1) is 17.4. The Morgan fingerprint density at radius 1 is 1.39 bits per heavy atom. The number of benzene rings is 1. The van der Waals surface area contributed by atoms with Crippen LogP contribution in [-0.2, 0) is 14.3 Å². The van der Waals surface area contributed by atoms with Crippen molar-refractivity contribution < 1.29 is 19.1 Å². The Bertz CT molecular complexity index is 612. The molecule has 0 unspecified atom stereocenters. The molecule has 0 saturated carbocycles. The van der Waals surface area contributed by atoms with Gasteiger partial charge in [0.15, 0.2) is 0 Å². The fourth-order valence-corrected chi connectivity index (χ4v) is 2.85. The van der Waals surface area contributed by atoms with Crippen LogP contribution in [0.25, 0.3) is 0 Å². The summed E-state index contributed by atoms with van der Waals surface area (Å²) >= 11 is 1.47. The molecule has 124 valence electrons. The molecule has 0 fully saturated rings. The predicted molar refractivity (Wildman–Crippen MR) is 91.4 cm³/mol. The lowest BCUT2D eigenvalue weighted by molar-refractivity contribution is -0.112. The van der Waals surface area contributed by atoms with Gasteiger partial charge in [-0.15, -0.1) is 11.8 Å². The highest BCUT2D eigenvalue weighted by Gasteiger charge is 2.19. The van der Waals surface area contributed by atoms with E-state index in [4.69, 9.17) is 9.47 Å². The lowest BCUT2D eigenvalue weighted by atomic mass is 10.2. The average molecular weight is 335 g/mol. The number of amides is 1. The number of esters is 1. The van der Waals surface area contributed by atoms with E-state index in [0.717, 1.165) is 18.6 Å². The first-order chi connectivity index (χ1) is 11.1. The normalized spacial score (nSPS) is 14.2. The molecule has 0 aliphatic carbocycles. The zero-order chi connectivity index (χ0) is 16.7. The van der Waals surface area contributed by atoms with Gasteiger partial charge in [0.1, 0.15) is 10.7 Å². The molecule has 6 heteroatoms. The van der Waals surface area contributed by atoms with Crippen molar-refractivity contribution in [1.82, 2.24) is 0 Å². The number of nitrogens with one attached hydrogen (secondary N) is 1. The summed E-state index contributed by atoms with van der Waals surface area (Å²) in [6.45, 7) is 4.84. The molecule has 1 aromatic carbocycles. The predicted octanol–water partition coefficient (Wildman–Crippen LogP) is 3.58. The van der Waals surface area contributed by atoms with Gasteiger partial charge in [0.25, 0.3) is 5.91 Å². The highest BCUT2D eigenvalue weighted by Crippen LogP contribution is 2.26. The van der Waals surface area contributed by atoms with E-state index in [0.29, 0.717) is 35.1 Å². The van der Waals surface area contributed by atoms with E-state index in [1.807, 2.05) is 6.92 Å². The Labute approximate surface area is 140 Å². The number of allylic oxidation sites excluding steroid dienone is 1. The minimum absolute atomic E-state index is 0.219. The molecule has 1 N–H and O–H groups in total. The summed E-state index contributed by atoms with van der Waals surface area (Å²) in [5.41, 5.74) is 0.989. The van der Waals surface area contributed by atoms with Gasteiger partial charge in [0, 0.05) is 11.4 Å². The molecule has 1 aliphatic heterocycles. The molecule has 0 spiro atoms. The van der Waals surface area contributed by atoms with Crippen LogP contribution in [0.15, 0.2) is 34.9 Å². The number of carbonyl (C=O) groups is 2. The second-order valence-electron chi connectivity index (χ2n) is 5.11. The Balaban J connectivity index is 2.02. The number of anilines is 1. The number of rotatable bonds is 6. The van der Waals surface area contributed by atoms with Crippen molar-refractivity contribution in [1.29, 1.82) is 0 Å². The Hall–Kier alpha value is -1.95. The third-order valence-electron chi connectivity index (χ3n) is 3.26. The van der Waals surface area contributed by atoms with E-state index in [1.54, 1.807) is 31.2 Å². The molecule has 2 rings (SSSR count). The van der Waals surface area contributed by atoms with Crippen molar-refractivity contribution in [2.45, 2.75) is 26.7 Å². The minimum Gasteiger partial charge on any atom is -0.496 e. The lowest BCUT2D eigenvalue weighted by Gasteiger charge is -2.17. The summed E-state index contributed by atoms with van der Waals surface area (Å²) < 4.78 is 10.6. The van der Waals surface area contributed by atoms with Crippen molar-refractivity contribution in [3.63, 3.8) is 0 Å². The van der Waals surface area contributed by atoms with Crippen LogP contribution in [-0.4, -0.2) is 30.8 Å². The van der Waals surface area contributed by atoms with Gasteiger partial charge in [0.2, 0.25) is 0 Å². The molecule has 0 aromatic heterocycles. The standard InChI is InChI=1S/C17H21NO4S/c1-3-4-8-22-17(20)13-6-5-7-14(11-13)18-16(19)15-12(2)21-9-10-23-15/h5-7,11H,3-4,8-10H2,1-2H3,(H,18,19). The van der Waals surface area contributed by atoms with Crippen LogP contribution in [0.1, 0.15) is 37.0 Å². The summed E-state index contributed by atoms with van der Waals surface area (Å²) in [5.74, 6) is 0.794. The molecular formula is C17H21NO4S. The average Bonchev–Trinajstić information content (AvgIpc) is 2.55. The highest BCUT2D eigenvalue weighted by atomic mass is 32.2. The maximum Gasteiger partial charge on any atom is 0.338 e. The Morgan fingerprint density at radius 3 is 2.96 bits per heavy atom. The number of unbranched alkanes of at least 4 members (excludes halogenated alkanes) is 1. The van der Waals surface area contributed by atoms with Crippen molar-refractivity contribution >= 4 is 29.3 Å². The van der Waals surface area contributed by atoms with Crippen LogP contribution < -0.4 is 5.32 Å². The monoisotopic (exact) mass is 335 g/mol. The fraction of sp³-hybridized carbons (Fsp3) is 0.412. The highest BCUT2D eigenvalue weighted by molar-refractivity contribution is 8.04. The molecule has 23 heavy (non-hydrogen) atoms. The third-order valence-corrected chi connectivity index (χ3v) is 4.39. The molecule has 0 radical (unpaired) electrons. The van der Waals surface area contributed by atoms with E-state index < -0.39 is 0 Å². The number of ether oxygens (including phenoxy) is 2. The molecular weight excluding hydrogens is 314 g/mol. The molecule has 1 aliphatic rings. The summed E-state index contributed by atoms with van der Waals surface area (Å²) in [6, 6.07) is 6.76. The quantitative estimate of drug-likeness (QED) is 0.636. The summed E-state index contributed by atoms with van der Waals surface area (Å²) in [4.78, 5) is 24.8. The van der Waals surface area contributed by atoms with Crippen LogP contribution in [0.5, 0.6) is 0 Å². The van der Waals surface area contributed by atoms with Crippen molar-refractivity contribution in [2.75, 3.05) is 24.3 Å². The van der Waals surface area contributed by atoms with Crippen LogP contribution in [0.2, 0.25) is 0 Å². The molecule has 1 aromatic rings. The number of hydrogen-bond acceptors (Lipinski definition) is 5.